The maximum atomic E-state index is 13.3. The number of hydrogen-bond acceptors (Lipinski definition) is 5. The zero-order valence-corrected chi connectivity index (χ0v) is 17.9. The van der Waals surface area contributed by atoms with Crippen molar-refractivity contribution < 1.29 is 19.5 Å². The largest absolute Gasteiger partial charge is 0.503 e. The summed E-state index contributed by atoms with van der Waals surface area (Å²) < 4.78 is 6.41. The van der Waals surface area contributed by atoms with E-state index in [0.717, 1.165) is 16.7 Å². The second-order valence-corrected chi connectivity index (χ2v) is 8.61. The van der Waals surface area contributed by atoms with E-state index >= 15 is 0 Å². The maximum absolute atomic E-state index is 13.3. The number of rotatable bonds is 4. The Balaban J connectivity index is 1.95. The number of ketones is 1. The fourth-order valence-corrected chi connectivity index (χ4v) is 3.52. The molecule has 2 heterocycles. The minimum atomic E-state index is -0.744. The van der Waals surface area contributed by atoms with Crippen molar-refractivity contribution in [1.82, 2.24) is 9.72 Å². The molecule has 6 heteroatoms. The highest BCUT2D eigenvalue weighted by Crippen LogP contribution is 2.45. The Morgan fingerprint density at radius 3 is 2.10 bits per heavy atom. The van der Waals surface area contributed by atoms with Crippen LogP contribution in [0, 0.1) is 12.3 Å². The first-order valence-corrected chi connectivity index (χ1v) is 9.98. The fraction of sp³-hybridized carbons (Fsp3) is 0.200. The summed E-state index contributed by atoms with van der Waals surface area (Å²) in [6.45, 7) is 7.33. The molecule has 0 aliphatic rings. The number of Topliss-reactive ketones (excluding diaryl/α,β-unsaturated/α-hetero) is 1. The Kier molecular flexibility index (Phi) is 4.93. The lowest BCUT2D eigenvalue weighted by Gasteiger charge is -2.18. The SMILES string of the molecule is Cc1ccc(-c2c(C(=O)C(C)(C)C)c(O)c(O)n2-c2ccc(-c3ccon3)cc2)cc1. The molecule has 0 aliphatic carbocycles. The van der Waals surface area contributed by atoms with Gasteiger partial charge in [0.1, 0.15) is 12.0 Å². The van der Waals surface area contributed by atoms with Crippen molar-refractivity contribution >= 4 is 5.78 Å². The van der Waals surface area contributed by atoms with Gasteiger partial charge in [-0.3, -0.25) is 9.36 Å². The predicted octanol–water partition coefficient (Wildman–Crippen LogP) is 5.75. The molecule has 0 saturated heterocycles. The van der Waals surface area contributed by atoms with Crippen LogP contribution in [0.5, 0.6) is 11.6 Å². The van der Waals surface area contributed by atoms with Gasteiger partial charge in [0, 0.05) is 22.7 Å². The van der Waals surface area contributed by atoms with E-state index in [0.29, 0.717) is 17.1 Å². The van der Waals surface area contributed by atoms with Crippen LogP contribution in [-0.4, -0.2) is 25.7 Å². The molecule has 0 atom stereocenters. The van der Waals surface area contributed by atoms with E-state index in [9.17, 15) is 15.0 Å². The monoisotopic (exact) mass is 416 g/mol. The van der Waals surface area contributed by atoms with Crippen LogP contribution in [0.3, 0.4) is 0 Å². The number of benzene rings is 2. The van der Waals surface area contributed by atoms with Gasteiger partial charge in [0.25, 0.3) is 0 Å². The van der Waals surface area contributed by atoms with E-state index in [1.165, 1.54) is 10.8 Å². The number of carbonyl (C=O) groups excluding carboxylic acids is 1. The lowest BCUT2D eigenvalue weighted by molar-refractivity contribution is 0.0856. The van der Waals surface area contributed by atoms with Gasteiger partial charge >= 0.3 is 0 Å². The number of nitrogens with zero attached hydrogens (tertiary/aromatic N) is 2. The van der Waals surface area contributed by atoms with Crippen LogP contribution in [0.1, 0.15) is 36.7 Å². The smallest absolute Gasteiger partial charge is 0.240 e. The van der Waals surface area contributed by atoms with Gasteiger partial charge in [-0.2, -0.15) is 0 Å². The average Bonchev–Trinajstić information content (AvgIpc) is 3.35. The van der Waals surface area contributed by atoms with Crippen LogP contribution in [0.2, 0.25) is 0 Å². The van der Waals surface area contributed by atoms with Gasteiger partial charge in [0.15, 0.2) is 11.5 Å². The summed E-state index contributed by atoms with van der Waals surface area (Å²) >= 11 is 0. The zero-order chi connectivity index (χ0) is 22.3. The highest BCUT2D eigenvalue weighted by atomic mass is 16.5. The van der Waals surface area contributed by atoms with Gasteiger partial charge in [0.2, 0.25) is 5.88 Å². The van der Waals surface area contributed by atoms with Crippen LogP contribution < -0.4 is 0 Å². The second-order valence-electron chi connectivity index (χ2n) is 8.61. The molecule has 0 saturated carbocycles. The molecule has 31 heavy (non-hydrogen) atoms. The first kappa shape index (κ1) is 20.5. The van der Waals surface area contributed by atoms with Gasteiger partial charge in [0.05, 0.1) is 11.3 Å². The number of aromatic hydroxyl groups is 2. The van der Waals surface area contributed by atoms with Gasteiger partial charge in [-0.25, -0.2) is 0 Å². The summed E-state index contributed by atoms with van der Waals surface area (Å²) in [5.74, 6) is -1.05. The third-order valence-electron chi connectivity index (χ3n) is 5.21. The van der Waals surface area contributed by atoms with Crippen LogP contribution in [0.25, 0.3) is 28.2 Å². The van der Waals surface area contributed by atoms with Crippen molar-refractivity contribution in [2.75, 3.05) is 0 Å². The summed E-state index contributed by atoms with van der Waals surface area (Å²) in [6.07, 6.45) is 1.50. The number of aromatic nitrogens is 2. The van der Waals surface area contributed by atoms with Crippen LogP contribution in [0.4, 0.5) is 0 Å². The Morgan fingerprint density at radius 2 is 1.55 bits per heavy atom. The molecule has 0 fully saturated rings. The molecule has 2 N–H and O–H groups in total. The standard InChI is InChI=1S/C25H24N2O4/c1-15-5-7-17(8-6-15)21-20(23(29)25(2,3)4)22(28)24(30)27(21)18-11-9-16(10-12-18)19-13-14-31-26-19/h5-14,28,30H,1-4H3. The van der Waals surface area contributed by atoms with E-state index in [1.807, 2.05) is 43.3 Å². The van der Waals surface area contributed by atoms with Crippen LogP contribution >= 0.6 is 0 Å². The van der Waals surface area contributed by atoms with Crippen LogP contribution in [0.15, 0.2) is 65.4 Å². The molecule has 6 nitrogen and oxygen atoms in total. The first-order valence-electron chi connectivity index (χ1n) is 9.98. The highest BCUT2D eigenvalue weighted by Gasteiger charge is 2.34. The quantitative estimate of drug-likeness (QED) is 0.414. The van der Waals surface area contributed by atoms with Crippen molar-refractivity contribution in [3.63, 3.8) is 0 Å². The summed E-state index contributed by atoms with van der Waals surface area (Å²) in [5.41, 5.74) is 3.73. The molecule has 0 radical (unpaired) electrons. The topological polar surface area (TPSA) is 88.5 Å². The van der Waals surface area contributed by atoms with Gasteiger partial charge < -0.3 is 14.7 Å². The molecule has 0 bridgehead atoms. The number of hydrogen-bond donors (Lipinski definition) is 2. The van der Waals surface area contributed by atoms with Crippen molar-refractivity contribution in [1.29, 1.82) is 0 Å². The Labute approximate surface area is 180 Å². The number of aryl methyl sites for hydroxylation is 1. The van der Waals surface area contributed by atoms with E-state index in [2.05, 4.69) is 5.16 Å². The molecule has 2 aromatic heterocycles. The van der Waals surface area contributed by atoms with E-state index in [1.54, 1.807) is 39.0 Å². The lowest BCUT2D eigenvalue weighted by Crippen LogP contribution is -2.20. The minimum Gasteiger partial charge on any atom is -0.503 e. The maximum Gasteiger partial charge on any atom is 0.240 e. The third-order valence-corrected chi connectivity index (χ3v) is 5.21. The third kappa shape index (κ3) is 3.61. The van der Waals surface area contributed by atoms with E-state index < -0.39 is 11.2 Å². The molecular weight excluding hydrogens is 392 g/mol. The first-order chi connectivity index (χ1) is 14.7. The molecule has 4 aromatic rings. The average molecular weight is 416 g/mol. The molecule has 0 spiro atoms. The summed E-state index contributed by atoms with van der Waals surface area (Å²) in [4.78, 5) is 13.3. The Bertz CT molecular complexity index is 1230. The number of carbonyl (C=O) groups is 1. The normalized spacial score (nSPS) is 11.6. The van der Waals surface area contributed by atoms with Crippen LogP contribution in [-0.2, 0) is 0 Å². The molecule has 0 unspecified atom stereocenters. The Morgan fingerprint density at radius 1 is 0.935 bits per heavy atom. The Hall–Kier alpha value is -3.80. The second kappa shape index (κ2) is 7.47. The molecule has 4 rings (SSSR count). The van der Waals surface area contributed by atoms with Crippen molar-refractivity contribution in [2.24, 2.45) is 5.41 Å². The zero-order valence-electron chi connectivity index (χ0n) is 17.9. The summed E-state index contributed by atoms with van der Waals surface area (Å²) in [6, 6.07) is 16.7. The molecular formula is C25H24N2O4. The molecule has 0 amide bonds. The van der Waals surface area contributed by atoms with Crippen molar-refractivity contribution in [3.05, 3.63) is 72.0 Å². The van der Waals surface area contributed by atoms with Gasteiger partial charge in [-0.1, -0.05) is 67.9 Å². The molecule has 2 aromatic carbocycles. The molecule has 158 valence electrons. The summed E-state index contributed by atoms with van der Waals surface area (Å²) in [5, 5.41) is 25.6. The van der Waals surface area contributed by atoms with Gasteiger partial charge in [-0.05, 0) is 24.6 Å². The van der Waals surface area contributed by atoms with Crippen molar-refractivity contribution in [3.8, 4) is 39.8 Å². The minimum absolute atomic E-state index is 0.106. The van der Waals surface area contributed by atoms with Gasteiger partial charge in [-0.15, -0.1) is 0 Å². The lowest BCUT2D eigenvalue weighted by atomic mass is 9.85. The van der Waals surface area contributed by atoms with Crippen molar-refractivity contribution in [2.45, 2.75) is 27.7 Å². The highest BCUT2D eigenvalue weighted by molar-refractivity contribution is 6.08. The predicted molar refractivity (Wildman–Crippen MR) is 119 cm³/mol. The summed E-state index contributed by atoms with van der Waals surface area (Å²) in [7, 11) is 0. The fourth-order valence-electron chi connectivity index (χ4n) is 3.52. The van der Waals surface area contributed by atoms with E-state index in [4.69, 9.17) is 4.52 Å². The van der Waals surface area contributed by atoms with E-state index in [-0.39, 0.29) is 17.2 Å². The molecule has 0 aliphatic heterocycles.